The number of nitrogens with zero attached hydrogens (tertiary/aromatic N) is 2. The maximum Gasteiger partial charge on any atom is 0.220 e. The first-order valence-corrected chi connectivity index (χ1v) is 9.64. The fraction of sp³-hybridized carbons (Fsp3) is 0.571. The first-order valence-electron chi connectivity index (χ1n) is 9.64. The van der Waals surface area contributed by atoms with E-state index in [0.29, 0.717) is 12.5 Å². The molecule has 3 rings (SSSR count). The van der Waals surface area contributed by atoms with Crippen molar-refractivity contribution in [3.8, 4) is 0 Å². The number of rotatable bonds is 7. The quantitative estimate of drug-likeness (QED) is 0.837. The van der Waals surface area contributed by atoms with Crippen LogP contribution in [0.3, 0.4) is 0 Å². The predicted molar refractivity (Wildman–Crippen MR) is 104 cm³/mol. The van der Waals surface area contributed by atoms with Gasteiger partial charge in [-0.3, -0.25) is 4.79 Å². The second-order valence-electron chi connectivity index (χ2n) is 7.44. The molecule has 0 radical (unpaired) electrons. The Morgan fingerprint density at radius 3 is 2.84 bits per heavy atom. The lowest BCUT2D eigenvalue weighted by Crippen LogP contribution is -2.39. The second kappa shape index (κ2) is 8.52. The van der Waals surface area contributed by atoms with Gasteiger partial charge in [-0.2, -0.15) is 0 Å². The van der Waals surface area contributed by atoms with Crippen molar-refractivity contribution in [2.24, 2.45) is 7.05 Å². The Labute approximate surface area is 151 Å². The Bertz CT molecular complexity index is 700. The first-order chi connectivity index (χ1) is 12.1. The molecule has 136 valence electrons. The van der Waals surface area contributed by atoms with Crippen molar-refractivity contribution in [3.05, 3.63) is 36.0 Å². The molecule has 25 heavy (non-hydrogen) atoms. The summed E-state index contributed by atoms with van der Waals surface area (Å²) in [6, 6.07) is 9.30. The third-order valence-electron chi connectivity index (χ3n) is 5.58. The van der Waals surface area contributed by atoms with E-state index in [1.807, 2.05) is 0 Å². The zero-order chi connectivity index (χ0) is 17.6. The molecule has 0 spiro atoms. The number of aromatic nitrogens is 1. The predicted octanol–water partition coefficient (Wildman–Crippen LogP) is 3.49. The van der Waals surface area contributed by atoms with E-state index < -0.39 is 0 Å². The molecular weight excluding hydrogens is 310 g/mol. The molecule has 0 atom stereocenters. The lowest BCUT2D eigenvalue weighted by Gasteiger charge is -2.31. The van der Waals surface area contributed by atoms with Gasteiger partial charge < -0.3 is 14.8 Å². The smallest absolute Gasteiger partial charge is 0.220 e. The summed E-state index contributed by atoms with van der Waals surface area (Å²) < 4.78 is 2.13. The molecule has 1 aliphatic carbocycles. The van der Waals surface area contributed by atoms with E-state index in [1.165, 1.54) is 48.6 Å². The van der Waals surface area contributed by atoms with Gasteiger partial charge in [0.25, 0.3) is 0 Å². The highest BCUT2D eigenvalue weighted by molar-refractivity contribution is 5.81. The van der Waals surface area contributed by atoms with E-state index >= 15 is 0 Å². The molecular formula is C21H31N3O. The van der Waals surface area contributed by atoms with Crippen LogP contribution in [0.25, 0.3) is 10.9 Å². The van der Waals surface area contributed by atoms with Crippen LogP contribution in [-0.2, 0) is 18.3 Å². The van der Waals surface area contributed by atoms with Crippen molar-refractivity contribution in [2.45, 2.75) is 51.0 Å². The van der Waals surface area contributed by atoms with Gasteiger partial charge in [0.1, 0.15) is 0 Å². The molecule has 1 aromatic heterocycles. The maximum absolute atomic E-state index is 12.1. The van der Waals surface area contributed by atoms with Gasteiger partial charge in [-0.25, -0.2) is 0 Å². The lowest BCUT2D eigenvalue weighted by atomic mass is 9.94. The van der Waals surface area contributed by atoms with E-state index in [2.05, 4.69) is 59.3 Å². The zero-order valence-electron chi connectivity index (χ0n) is 15.6. The van der Waals surface area contributed by atoms with Crippen LogP contribution in [0, 0.1) is 0 Å². The zero-order valence-corrected chi connectivity index (χ0v) is 15.6. The second-order valence-corrected chi connectivity index (χ2v) is 7.44. The van der Waals surface area contributed by atoms with E-state index in [1.54, 1.807) is 0 Å². The molecule has 1 fully saturated rings. The summed E-state index contributed by atoms with van der Waals surface area (Å²) in [6.07, 6.45) is 10.1. The van der Waals surface area contributed by atoms with E-state index in [9.17, 15) is 4.79 Å². The average Bonchev–Trinajstić information content (AvgIpc) is 3.01. The molecule has 0 unspecified atom stereocenters. The number of hydrogen-bond donors (Lipinski definition) is 1. The summed E-state index contributed by atoms with van der Waals surface area (Å²) in [5.74, 6) is 0.157. The van der Waals surface area contributed by atoms with Crippen molar-refractivity contribution < 1.29 is 4.79 Å². The van der Waals surface area contributed by atoms with Crippen molar-refractivity contribution in [3.63, 3.8) is 0 Å². The minimum atomic E-state index is 0.157. The van der Waals surface area contributed by atoms with Crippen LogP contribution in [0.15, 0.2) is 30.5 Å². The van der Waals surface area contributed by atoms with E-state index in [4.69, 9.17) is 0 Å². The highest BCUT2D eigenvalue weighted by Gasteiger charge is 2.17. The van der Waals surface area contributed by atoms with Gasteiger partial charge in [0.15, 0.2) is 0 Å². The third-order valence-corrected chi connectivity index (χ3v) is 5.58. The third kappa shape index (κ3) is 4.85. The van der Waals surface area contributed by atoms with E-state index in [0.717, 1.165) is 19.5 Å². The minimum Gasteiger partial charge on any atom is -0.355 e. The summed E-state index contributed by atoms with van der Waals surface area (Å²) in [7, 11) is 4.25. The van der Waals surface area contributed by atoms with Crippen molar-refractivity contribution >= 4 is 16.8 Å². The fourth-order valence-electron chi connectivity index (χ4n) is 3.89. The Kier molecular flexibility index (Phi) is 6.14. The molecule has 4 nitrogen and oxygen atoms in total. The van der Waals surface area contributed by atoms with Gasteiger partial charge in [0, 0.05) is 44.3 Å². The molecule has 4 heteroatoms. The van der Waals surface area contributed by atoms with Crippen molar-refractivity contribution in [1.29, 1.82) is 0 Å². The molecule has 0 bridgehead atoms. The molecule has 1 aromatic carbocycles. The molecule has 2 aromatic rings. The van der Waals surface area contributed by atoms with Crippen molar-refractivity contribution in [2.75, 3.05) is 20.1 Å². The Morgan fingerprint density at radius 1 is 1.24 bits per heavy atom. The summed E-state index contributed by atoms with van der Waals surface area (Å²) in [6.45, 7) is 1.70. The number of amides is 1. The van der Waals surface area contributed by atoms with Crippen LogP contribution in [0.4, 0.5) is 0 Å². The highest BCUT2D eigenvalue weighted by Crippen LogP contribution is 2.21. The average molecular weight is 341 g/mol. The topological polar surface area (TPSA) is 37.3 Å². The standard InChI is InChI=1S/C21H31N3O/c1-23(19-6-4-3-5-7-19)15-13-22-21(25)11-9-17-8-10-18-12-14-24(2)20(18)16-17/h8,10,12,14,16,19H,3-7,9,11,13,15H2,1-2H3,(H,22,25). The van der Waals surface area contributed by atoms with Crippen LogP contribution < -0.4 is 5.32 Å². The number of carbonyl (C=O) groups excluding carboxylic acids is 1. The molecule has 0 saturated heterocycles. The van der Waals surface area contributed by atoms with Crippen LogP contribution in [0.2, 0.25) is 0 Å². The highest BCUT2D eigenvalue weighted by atomic mass is 16.1. The molecule has 1 N–H and O–H groups in total. The van der Waals surface area contributed by atoms with Gasteiger partial charge in [-0.1, -0.05) is 31.4 Å². The summed E-state index contributed by atoms with van der Waals surface area (Å²) in [5.41, 5.74) is 2.45. The van der Waals surface area contributed by atoms with Gasteiger partial charge >= 0.3 is 0 Å². The normalized spacial score (nSPS) is 15.8. The molecule has 1 heterocycles. The largest absolute Gasteiger partial charge is 0.355 e. The Morgan fingerprint density at radius 2 is 2.04 bits per heavy atom. The lowest BCUT2D eigenvalue weighted by molar-refractivity contribution is -0.121. The van der Waals surface area contributed by atoms with Crippen LogP contribution in [0.1, 0.15) is 44.1 Å². The monoisotopic (exact) mass is 341 g/mol. The Balaban J connectivity index is 1.39. The SMILES string of the molecule is CN(CCNC(=O)CCc1ccc2ccn(C)c2c1)C1CCCCC1. The summed E-state index contributed by atoms with van der Waals surface area (Å²) in [4.78, 5) is 14.5. The first kappa shape index (κ1) is 18.0. The number of nitrogens with one attached hydrogen (secondary N) is 1. The van der Waals surface area contributed by atoms with Gasteiger partial charge in [-0.05, 0) is 49.4 Å². The molecule has 1 saturated carbocycles. The number of fused-ring (bicyclic) bond motifs is 1. The van der Waals surface area contributed by atoms with E-state index in [-0.39, 0.29) is 5.91 Å². The van der Waals surface area contributed by atoms with Crippen LogP contribution in [0.5, 0.6) is 0 Å². The number of benzene rings is 1. The molecule has 1 aliphatic rings. The number of hydrogen-bond acceptors (Lipinski definition) is 2. The summed E-state index contributed by atoms with van der Waals surface area (Å²) >= 11 is 0. The molecule has 1 amide bonds. The number of carbonyl (C=O) groups is 1. The fourth-order valence-corrected chi connectivity index (χ4v) is 3.89. The number of likely N-dealkylation sites (N-methyl/N-ethyl adjacent to an activating group) is 1. The Hall–Kier alpha value is -1.81. The summed E-state index contributed by atoms with van der Waals surface area (Å²) in [5, 5.41) is 4.33. The van der Waals surface area contributed by atoms with Crippen LogP contribution >= 0.6 is 0 Å². The van der Waals surface area contributed by atoms with Crippen molar-refractivity contribution in [1.82, 2.24) is 14.8 Å². The minimum absolute atomic E-state index is 0.157. The van der Waals surface area contributed by atoms with Gasteiger partial charge in [-0.15, -0.1) is 0 Å². The van der Waals surface area contributed by atoms with Crippen LogP contribution in [-0.4, -0.2) is 41.6 Å². The number of aryl methyl sites for hydroxylation is 2. The maximum atomic E-state index is 12.1. The molecule has 0 aliphatic heterocycles. The van der Waals surface area contributed by atoms with Gasteiger partial charge in [0.2, 0.25) is 5.91 Å². The van der Waals surface area contributed by atoms with Gasteiger partial charge in [0.05, 0.1) is 0 Å².